The van der Waals surface area contributed by atoms with Gasteiger partial charge in [-0.3, -0.25) is 0 Å². The molecule has 1 unspecified atom stereocenters. The Balaban J connectivity index is 2.27. The minimum atomic E-state index is -3.77. The molecule has 0 saturated carbocycles. The van der Waals surface area contributed by atoms with Gasteiger partial charge < -0.3 is 4.74 Å². The number of benzene rings is 2. The first-order chi connectivity index (χ1) is 11.5. The van der Waals surface area contributed by atoms with Crippen molar-refractivity contribution in [2.75, 3.05) is 7.11 Å². The molecule has 1 N–H and O–H groups in total. The molecule has 1 atom stereocenters. The normalized spacial score (nSPS) is 13.5. The summed E-state index contributed by atoms with van der Waals surface area (Å²) in [7, 11) is -2.34. The van der Waals surface area contributed by atoms with Gasteiger partial charge in [0.2, 0.25) is 10.0 Å². The molecule has 25 heavy (non-hydrogen) atoms. The lowest BCUT2D eigenvalue weighted by atomic mass is 9.86. The standard InChI is InChI=1S/C19H24ClNO3S/c1-13(14-6-8-15(9-7-14)19(2,3)4)21-25(22,23)18-12-16(20)10-11-17(18)24-5/h6-13,21H,1-5H3. The molecule has 4 nitrogen and oxygen atoms in total. The van der Waals surface area contributed by atoms with E-state index in [0.717, 1.165) is 5.56 Å². The minimum Gasteiger partial charge on any atom is -0.495 e. The molecule has 0 amide bonds. The van der Waals surface area contributed by atoms with Gasteiger partial charge in [-0.1, -0.05) is 56.6 Å². The summed E-state index contributed by atoms with van der Waals surface area (Å²) in [5, 5.41) is 0.336. The molecule has 0 radical (unpaired) electrons. The van der Waals surface area contributed by atoms with Gasteiger partial charge in [-0.2, -0.15) is 0 Å². The Labute approximate surface area is 155 Å². The number of ether oxygens (including phenoxy) is 1. The van der Waals surface area contributed by atoms with Gasteiger partial charge in [0, 0.05) is 11.1 Å². The topological polar surface area (TPSA) is 55.4 Å². The van der Waals surface area contributed by atoms with Crippen LogP contribution in [0.2, 0.25) is 5.02 Å². The van der Waals surface area contributed by atoms with Crippen molar-refractivity contribution in [2.24, 2.45) is 0 Å². The number of rotatable bonds is 5. The van der Waals surface area contributed by atoms with Crippen molar-refractivity contribution in [3.63, 3.8) is 0 Å². The fourth-order valence-corrected chi connectivity index (χ4v) is 4.16. The zero-order valence-electron chi connectivity index (χ0n) is 15.1. The van der Waals surface area contributed by atoms with Crippen LogP contribution in [0, 0.1) is 0 Å². The molecular formula is C19H24ClNO3S. The molecule has 2 rings (SSSR count). The second-order valence-corrected chi connectivity index (χ2v) is 9.13. The van der Waals surface area contributed by atoms with Crippen LogP contribution in [-0.2, 0) is 15.4 Å². The Morgan fingerprint density at radius 3 is 2.20 bits per heavy atom. The average molecular weight is 382 g/mol. The highest BCUT2D eigenvalue weighted by Gasteiger charge is 2.23. The van der Waals surface area contributed by atoms with Gasteiger partial charge >= 0.3 is 0 Å². The van der Waals surface area contributed by atoms with Gasteiger partial charge in [0.25, 0.3) is 0 Å². The number of methoxy groups -OCH3 is 1. The molecule has 2 aromatic carbocycles. The van der Waals surface area contributed by atoms with Gasteiger partial charge in [0.1, 0.15) is 10.6 Å². The van der Waals surface area contributed by atoms with Gasteiger partial charge in [0.05, 0.1) is 7.11 Å². The van der Waals surface area contributed by atoms with E-state index in [0.29, 0.717) is 5.02 Å². The molecule has 0 spiro atoms. The third kappa shape index (κ3) is 4.75. The Bertz CT molecular complexity index is 840. The van der Waals surface area contributed by atoms with Crippen molar-refractivity contribution in [3.8, 4) is 5.75 Å². The first-order valence-electron chi connectivity index (χ1n) is 8.01. The van der Waals surface area contributed by atoms with Crippen molar-refractivity contribution in [3.05, 3.63) is 58.6 Å². The van der Waals surface area contributed by atoms with Crippen LogP contribution in [0.4, 0.5) is 0 Å². The maximum absolute atomic E-state index is 12.7. The predicted molar refractivity (Wildman–Crippen MR) is 102 cm³/mol. The first-order valence-corrected chi connectivity index (χ1v) is 9.87. The van der Waals surface area contributed by atoms with Crippen molar-refractivity contribution < 1.29 is 13.2 Å². The van der Waals surface area contributed by atoms with E-state index in [1.807, 2.05) is 24.3 Å². The van der Waals surface area contributed by atoms with Crippen LogP contribution in [0.25, 0.3) is 0 Å². The van der Waals surface area contributed by atoms with E-state index < -0.39 is 10.0 Å². The van der Waals surface area contributed by atoms with Gasteiger partial charge in [0.15, 0.2) is 0 Å². The summed E-state index contributed by atoms with van der Waals surface area (Å²) >= 11 is 5.95. The number of nitrogens with one attached hydrogen (secondary N) is 1. The van der Waals surface area contributed by atoms with E-state index in [-0.39, 0.29) is 22.1 Å². The van der Waals surface area contributed by atoms with E-state index in [9.17, 15) is 8.42 Å². The third-order valence-electron chi connectivity index (χ3n) is 4.02. The van der Waals surface area contributed by atoms with Crippen LogP contribution in [0.15, 0.2) is 47.4 Å². The second kappa shape index (κ2) is 7.36. The molecule has 0 aliphatic rings. The maximum atomic E-state index is 12.7. The van der Waals surface area contributed by atoms with Crippen molar-refractivity contribution in [2.45, 2.75) is 44.0 Å². The van der Waals surface area contributed by atoms with Crippen LogP contribution in [-0.4, -0.2) is 15.5 Å². The second-order valence-electron chi connectivity index (χ2n) is 7.01. The quantitative estimate of drug-likeness (QED) is 0.817. The molecule has 0 saturated heterocycles. The third-order valence-corrected chi connectivity index (χ3v) is 5.82. The average Bonchev–Trinajstić information content (AvgIpc) is 2.53. The molecule has 0 fully saturated rings. The predicted octanol–water partition coefficient (Wildman–Crippen LogP) is 4.69. The smallest absolute Gasteiger partial charge is 0.244 e. The molecule has 0 heterocycles. The van der Waals surface area contributed by atoms with E-state index in [4.69, 9.17) is 16.3 Å². The highest BCUT2D eigenvalue weighted by atomic mass is 35.5. The van der Waals surface area contributed by atoms with Gasteiger partial charge in [-0.05, 0) is 41.7 Å². The van der Waals surface area contributed by atoms with Crippen LogP contribution < -0.4 is 9.46 Å². The van der Waals surface area contributed by atoms with E-state index in [1.165, 1.54) is 18.7 Å². The fourth-order valence-electron chi connectivity index (χ4n) is 2.50. The lowest BCUT2D eigenvalue weighted by Crippen LogP contribution is -2.27. The molecule has 0 aliphatic carbocycles. The zero-order valence-corrected chi connectivity index (χ0v) is 16.7. The van der Waals surface area contributed by atoms with Crippen molar-refractivity contribution in [1.29, 1.82) is 0 Å². The first kappa shape index (κ1) is 19.8. The molecule has 2 aromatic rings. The summed E-state index contributed by atoms with van der Waals surface area (Å²) in [4.78, 5) is 0.0284. The molecule has 0 bridgehead atoms. The molecular weight excluding hydrogens is 358 g/mol. The zero-order chi connectivity index (χ0) is 18.8. The summed E-state index contributed by atoms with van der Waals surface area (Å²) in [6.07, 6.45) is 0. The largest absolute Gasteiger partial charge is 0.495 e. The maximum Gasteiger partial charge on any atom is 0.244 e. The number of hydrogen-bond acceptors (Lipinski definition) is 3. The molecule has 0 aliphatic heterocycles. The Hall–Kier alpha value is -1.56. The van der Waals surface area contributed by atoms with Gasteiger partial charge in [-0.15, -0.1) is 0 Å². The molecule has 136 valence electrons. The minimum absolute atomic E-state index is 0.0284. The summed E-state index contributed by atoms with van der Waals surface area (Å²) in [5.74, 6) is 0.257. The lowest BCUT2D eigenvalue weighted by molar-refractivity contribution is 0.402. The highest BCUT2D eigenvalue weighted by Crippen LogP contribution is 2.29. The van der Waals surface area contributed by atoms with Crippen molar-refractivity contribution >= 4 is 21.6 Å². The summed E-state index contributed by atoms with van der Waals surface area (Å²) < 4.78 is 33.3. The summed E-state index contributed by atoms with van der Waals surface area (Å²) in [6.45, 7) is 8.22. The Morgan fingerprint density at radius 1 is 1.08 bits per heavy atom. The van der Waals surface area contributed by atoms with Crippen LogP contribution in [0.3, 0.4) is 0 Å². The van der Waals surface area contributed by atoms with E-state index in [1.54, 1.807) is 19.1 Å². The van der Waals surface area contributed by atoms with Crippen molar-refractivity contribution in [1.82, 2.24) is 4.72 Å². The SMILES string of the molecule is COc1ccc(Cl)cc1S(=O)(=O)NC(C)c1ccc(C(C)(C)C)cc1. The summed E-state index contributed by atoms with van der Waals surface area (Å²) in [5.41, 5.74) is 2.13. The van der Waals surface area contributed by atoms with Crippen LogP contribution >= 0.6 is 11.6 Å². The van der Waals surface area contributed by atoms with Crippen LogP contribution in [0.5, 0.6) is 5.75 Å². The highest BCUT2D eigenvalue weighted by molar-refractivity contribution is 7.89. The van der Waals surface area contributed by atoms with E-state index >= 15 is 0 Å². The number of halogens is 1. The van der Waals surface area contributed by atoms with Gasteiger partial charge in [-0.25, -0.2) is 13.1 Å². The Kier molecular flexibility index (Phi) is 5.82. The number of hydrogen-bond donors (Lipinski definition) is 1. The molecule has 0 aromatic heterocycles. The molecule has 6 heteroatoms. The van der Waals surface area contributed by atoms with E-state index in [2.05, 4.69) is 25.5 Å². The summed E-state index contributed by atoms with van der Waals surface area (Å²) in [6, 6.07) is 12.1. The monoisotopic (exact) mass is 381 g/mol. The Morgan fingerprint density at radius 2 is 1.68 bits per heavy atom. The fraction of sp³-hybridized carbons (Fsp3) is 0.368. The number of sulfonamides is 1. The lowest BCUT2D eigenvalue weighted by Gasteiger charge is -2.21. The van der Waals surface area contributed by atoms with Crippen LogP contribution in [0.1, 0.15) is 44.9 Å².